The maximum atomic E-state index is 11.9. The fourth-order valence-corrected chi connectivity index (χ4v) is 2.94. The van der Waals surface area contributed by atoms with Gasteiger partial charge in [0.2, 0.25) is 5.91 Å². The number of nitrogens with zero attached hydrogens (tertiary/aromatic N) is 1. The molecule has 0 spiro atoms. The summed E-state index contributed by atoms with van der Waals surface area (Å²) in [5.74, 6) is 0.966. The Bertz CT molecular complexity index is 261. The average molecular weight is 273 g/mol. The van der Waals surface area contributed by atoms with E-state index in [9.17, 15) is 4.79 Å². The van der Waals surface area contributed by atoms with E-state index in [1.54, 1.807) is 11.8 Å². The van der Waals surface area contributed by atoms with Crippen LogP contribution in [-0.2, 0) is 4.79 Å². The minimum Gasteiger partial charge on any atom is -0.352 e. The van der Waals surface area contributed by atoms with Crippen LogP contribution in [0.4, 0.5) is 0 Å². The van der Waals surface area contributed by atoms with Gasteiger partial charge in [-0.05, 0) is 58.2 Å². The molecule has 0 aliphatic heterocycles. The van der Waals surface area contributed by atoms with Gasteiger partial charge in [-0.15, -0.1) is 0 Å². The van der Waals surface area contributed by atoms with Crippen LogP contribution in [0.25, 0.3) is 0 Å². The molecule has 5 heteroatoms. The molecule has 1 aliphatic carbocycles. The van der Waals surface area contributed by atoms with Crippen molar-refractivity contribution in [2.75, 3.05) is 26.1 Å². The van der Waals surface area contributed by atoms with Gasteiger partial charge in [0.25, 0.3) is 0 Å². The molecule has 0 heterocycles. The molecular weight excluding hydrogens is 246 g/mol. The van der Waals surface area contributed by atoms with Gasteiger partial charge in [-0.3, -0.25) is 4.79 Å². The molecule has 0 aromatic rings. The zero-order valence-corrected chi connectivity index (χ0v) is 12.6. The lowest BCUT2D eigenvalue weighted by atomic mass is 9.90. The number of carbonyl (C=O) groups excluding carboxylic acids is 1. The molecule has 106 valence electrons. The summed E-state index contributed by atoms with van der Waals surface area (Å²) in [6.07, 6.45) is 7.36. The predicted molar refractivity (Wildman–Crippen MR) is 78.8 cm³/mol. The molecule has 1 amide bonds. The topological polar surface area (TPSA) is 58.4 Å². The summed E-state index contributed by atoms with van der Waals surface area (Å²) in [6, 6.07) is 0.544. The summed E-state index contributed by atoms with van der Waals surface area (Å²) in [7, 11) is 4.22. The summed E-state index contributed by atoms with van der Waals surface area (Å²) in [5.41, 5.74) is 5.88. The largest absolute Gasteiger partial charge is 0.352 e. The third kappa shape index (κ3) is 5.16. The van der Waals surface area contributed by atoms with Crippen LogP contribution in [-0.4, -0.2) is 55.0 Å². The number of amides is 1. The molecule has 1 rings (SSSR count). The predicted octanol–water partition coefficient (Wildman–Crippen LogP) is 1.06. The van der Waals surface area contributed by atoms with Crippen molar-refractivity contribution >= 4 is 17.7 Å². The Kier molecular flexibility index (Phi) is 7.04. The number of nitrogens with two attached hydrogens (primary N) is 1. The molecule has 18 heavy (non-hydrogen) atoms. The van der Waals surface area contributed by atoms with Gasteiger partial charge in [-0.2, -0.15) is 11.8 Å². The van der Waals surface area contributed by atoms with Crippen LogP contribution in [0.1, 0.15) is 32.1 Å². The van der Waals surface area contributed by atoms with Crippen molar-refractivity contribution < 1.29 is 4.79 Å². The third-order valence-corrected chi connectivity index (χ3v) is 4.34. The Hall–Kier alpha value is -0.260. The molecule has 3 atom stereocenters. The van der Waals surface area contributed by atoms with Crippen LogP contribution < -0.4 is 11.1 Å². The summed E-state index contributed by atoms with van der Waals surface area (Å²) in [4.78, 5) is 14.2. The van der Waals surface area contributed by atoms with Crippen molar-refractivity contribution in [2.24, 2.45) is 5.73 Å². The number of nitrogens with one attached hydrogen (secondary N) is 1. The van der Waals surface area contributed by atoms with Gasteiger partial charge in [0, 0.05) is 12.1 Å². The second kappa shape index (κ2) is 8.02. The molecule has 3 N–H and O–H groups in total. The Morgan fingerprint density at radius 1 is 1.50 bits per heavy atom. The van der Waals surface area contributed by atoms with Crippen LogP contribution in [0.2, 0.25) is 0 Å². The molecular formula is C13H27N3OS. The average Bonchev–Trinajstić information content (AvgIpc) is 2.36. The van der Waals surface area contributed by atoms with Crippen LogP contribution in [0.3, 0.4) is 0 Å². The first kappa shape index (κ1) is 15.8. The van der Waals surface area contributed by atoms with E-state index < -0.39 is 0 Å². The Labute approximate surface area is 115 Å². The highest BCUT2D eigenvalue weighted by molar-refractivity contribution is 7.98. The van der Waals surface area contributed by atoms with Crippen molar-refractivity contribution in [1.29, 1.82) is 0 Å². The van der Waals surface area contributed by atoms with Gasteiger partial charge in [0.1, 0.15) is 0 Å². The van der Waals surface area contributed by atoms with E-state index in [0.717, 1.165) is 25.0 Å². The van der Waals surface area contributed by atoms with E-state index in [4.69, 9.17) is 5.73 Å². The lowest BCUT2D eigenvalue weighted by molar-refractivity contribution is -0.123. The smallest absolute Gasteiger partial charge is 0.237 e. The van der Waals surface area contributed by atoms with Crippen LogP contribution >= 0.6 is 11.8 Å². The quantitative estimate of drug-likeness (QED) is 0.760. The lowest BCUT2D eigenvalue weighted by Crippen LogP contribution is -2.49. The van der Waals surface area contributed by atoms with Gasteiger partial charge >= 0.3 is 0 Å². The van der Waals surface area contributed by atoms with Gasteiger partial charge in [0.15, 0.2) is 0 Å². The molecule has 0 aromatic carbocycles. The highest BCUT2D eigenvalue weighted by Crippen LogP contribution is 2.21. The number of hydrogen-bond donors (Lipinski definition) is 2. The highest BCUT2D eigenvalue weighted by Gasteiger charge is 2.25. The van der Waals surface area contributed by atoms with E-state index in [2.05, 4.69) is 24.3 Å². The van der Waals surface area contributed by atoms with Gasteiger partial charge in [-0.25, -0.2) is 0 Å². The molecule has 0 saturated heterocycles. The van der Waals surface area contributed by atoms with Crippen molar-refractivity contribution in [3.05, 3.63) is 0 Å². The molecule has 1 saturated carbocycles. The fourth-order valence-electron chi connectivity index (χ4n) is 2.45. The van der Waals surface area contributed by atoms with E-state index in [0.29, 0.717) is 12.1 Å². The molecule has 2 unspecified atom stereocenters. The maximum Gasteiger partial charge on any atom is 0.237 e. The minimum atomic E-state index is -0.350. The third-order valence-electron chi connectivity index (χ3n) is 3.69. The van der Waals surface area contributed by atoms with Crippen LogP contribution in [0.5, 0.6) is 0 Å². The van der Waals surface area contributed by atoms with E-state index in [-0.39, 0.29) is 11.9 Å². The molecule has 1 fully saturated rings. The number of carbonyl (C=O) groups is 1. The SMILES string of the molecule is CSCC[C@H](N)C(=O)NC1CCCC(N(C)C)C1. The molecule has 0 aromatic heterocycles. The number of hydrogen-bond acceptors (Lipinski definition) is 4. The maximum absolute atomic E-state index is 11.9. The first-order valence-corrected chi connectivity index (χ1v) is 8.15. The van der Waals surface area contributed by atoms with E-state index in [1.165, 1.54) is 12.8 Å². The Morgan fingerprint density at radius 2 is 2.22 bits per heavy atom. The second-order valence-corrected chi connectivity index (χ2v) is 6.36. The summed E-state index contributed by atoms with van der Waals surface area (Å²) < 4.78 is 0. The monoisotopic (exact) mass is 273 g/mol. The van der Waals surface area contributed by atoms with Gasteiger partial charge in [0.05, 0.1) is 6.04 Å². The Balaban J connectivity index is 2.34. The number of thioether (sulfide) groups is 1. The van der Waals surface area contributed by atoms with E-state index >= 15 is 0 Å². The second-order valence-electron chi connectivity index (χ2n) is 5.38. The zero-order valence-electron chi connectivity index (χ0n) is 11.8. The lowest BCUT2D eigenvalue weighted by Gasteiger charge is -2.34. The van der Waals surface area contributed by atoms with Crippen molar-refractivity contribution in [1.82, 2.24) is 10.2 Å². The Morgan fingerprint density at radius 3 is 2.83 bits per heavy atom. The minimum absolute atomic E-state index is 0.0217. The number of rotatable bonds is 6. The highest BCUT2D eigenvalue weighted by atomic mass is 32.2. The summed E-state index contributed by atoms with van der Waals surface area (Å²) in [5, 5.41) is 3.11. The summed E-state index contributed by atoms with van der Waals surface area (Å²) >= 11 is 1.73. The normalized spacial score (nSPS) is 26.1. The zero-order chi connectivity index (χ0) is 13.5. The van der Waals surface area contributed by atoms with Gasteiger partial charge in [-0.1, -0.05) is 0 Å². The van der Waals surface area contributed by atoms with Crippen molar-refractivity contribution in [2.45, 2.75) is 50.2 Å². The van der Waals surface area contributed by atoms with Crippen LogP contribution in [0.15, 0.2) is 0 Å². The fraction of sp³-hybridized carbons (Fsp3) is 0.923. The van der Waals surface area contributed by atoms with Crippen molar-refractivity contribution in [3.8, 4) is 0 Å². The molecule has 4 nitrogen and oxygen atoms in total. The standard InChI is InChI=1S/C13H27N3OS/c1-16(2)11-6-4-5-10(9-11)15-13(17)12(14)7-8-18-3/h10-12H,4-9,14H2,1-3H3,(H,15,17)/t10?,11?,12-/m0/s1. The van der Waals surface area contributed by atoms with Gasteiger partial charge < -0.3 is 16.0 Å². The molecule has 1 aliphatic rings. The summed E-state index contributed by atoms with van der Waals surface area (Å²) in [6.45, 7) is 0. The van der Waals surface area contributed by atoms with Crippen molar-refractivity contribution in [3.63, 3.8) is 0 Å². The van der Waals surface area contributed by atoms with Crippen LogP contribution in [0, 0.1) is 0 Å². The first-order chi connectivity index (χ1) is 8.54. The molecule has 0 radical (unpaired) electrons. The van der Waals surface area contributed by atoms with E-state index in [1.807, 2.05) is 6.26 Å². The first-order valence-electron chi connectivity index (χ1n) is 6.76. The molecule has 0 bridgehead atoms.